The Morgan fingerprint density at radius 2 is 2.09 bits per heavy atom. The van der Waals surface area contributed by atoms with E-state index in [-0.39, 0.29) is 11.9 Å². The minimum absolute atomic E-state index is 0.0458. The van der Waals surface area contributed by atoms with Gasteiger partial charge in [0.2, 0.25) is 0 Å². The molecule has 1 aromatic carbocycles. The van der Waals surface area contributed by atoms with Crippen LogP contribution in [0.5, 0.6) is 0 Å². The topological polar surface area (TPSA) is 59.2 Å². The van der Waals surface area contributed by atoms with Crippen LogP contribution in [0.2, 0.25) is 5.02 Å². The van der Waals surface area contributed by atoms with Gasteiger partial charge in [-0.05, 0) is 43.5 Å². The van der Waals surface area contributed by atoms with Crippen LogP contribution in [0.1, 0.15) is 41.2 Å². The molecule has 0 radical (unpaired) electrons. The Morgan fingerprint density at radius 3 is 2.77 bits per heavy atom. The van der Waals surface area contributed by atoms with Gasteiger partial charge in [-0.25, -0.2) is 0 Å². The number of nitrogens with two attached hydrogens (primary N) is 1. The van der Waals surface area contributed by atoms with E-state index >= 15 is 0 Å². The maximum Gasteiger partial charge on any atom is 0.254 e. The molecule has 1 saturated carbocycles. The highest BCUT2D eigenvalue weighted by Crippen LogP contribution is 2.40. The number of likely N-dealkylation sites (tertiary alicyclic amines) is 1. The third kappa shape index (κ3) is 2.46. The normalized spacial score (nSPS) is 21.5. The lowest BCUT2D eigenvalue weighted by molar-refractivity contribution is 0.0792. The van der Waals surface area contributed by atoms with Crippen molar-refractivity contribution >= 4 is 28.4 Å². The molecule has 2 N–H and O–H groups in total. The van der Waals surface area contributed by atoms with Gasteiger partial charge < -0.3 is 10.6 Å². The maximum absolute atomic E-state index is 12.9. The van der Waals surface area contributed by atoms with Gasteiger partial charge in [-0.3, -0.25) is 9.78 Å². The monoisotopic (exact) mass is 315 g/mol. The lowest BCUT2D eigenvalue weighted by Crippen LogP contribution is -2.32. The summed E-state index contributed by atoms with van der Waals surface area (Å²) >= 11 is 6.12. The molecule has 1 amide bonds. The molecule has 2 aromatic rings. The Kier molecular flexibility index (Phi) is 3.31. The van der Waals surface area contributed by atoms with Crippen LogP contribution < -0.4 is 5.73 Å². The van der Waals surface area contributed by atoms with Gasteiger partial charge in [-0.15, -0.1) is 0 Å². The van der Waals surface area contributed by atoms with Crippen molar-refractivity contribution in [3.05, 3.63) is 40.5 Å². The van der Waals surface area contributed by atoms with Crippen molar-refractivity contribution < 1.29 is 4.79 Å². The van der Waals surface area contributed by atoms with Crippen LogP contribution >= 0.6 is 11.6 Å². The van der Waals surface area contributed by atoms with Gasteiger partial charge in [0, 0.05) is 41.2 Å². The average molecular weight is 316 g/mol. The lowest BCUT2D eigenvalue weighted by atomic mass is 10.0. The molecule has 5 heteroatoms. The molecule has 2 fully saturated rings. The zero-order chi connectivity index (χ0) is 15.3. The Morgan fingerprint density at radius 1 is 1.27 bits per heavy atom. The van der Waals surface area contributed by atoms with Crippen molar-refractivity contribution in [1.29, 1.82) is 0 Å². The summed E-state index contributed by atoms with van der Waals surface area (Å²) in [6.45, 7) is 1.35. The van der Waals surface area contributed by atoms with Crippen molar-refractivity contribution in [2.24, 2.45) is 5.73 Å². The van der Waals surface area contributed by atoms with Gasteiger partial charge in [0.25, 0.3) is 5.91 Å². The zero-order valence-corrected chi connectivity index (χ0v) is 13.0. The van der Waals surface area contributed by atoms with Crippen molar-refractivity contribution in [1.82, 2.24) is 9.88 Å². The number of rotatable bonds is 2. The number of carbonyl (C=O) groups is 1. The smallest absolute Gasteiger partial charge is 0.254 e. The van der Waals surface area contributed by atoms with Crippen LogP contribution in [0.3, 0.4) is 0 Å². The second-order valence-corrected chi connectivity index (χ2v) is 6.77. The Balaban J connectivity index is 1.83. The summed E-state index contributed by atoms with van der Waals surface area (Å²) in [7, 11) is 0. The van der Waals surface area contributed by atoms with E-state index in [0.717, 1.165) is 42.4 Å². The standard InChI is InChI=1S/C17H18ClN3O/c18-11-3-4-15-13(7-11)14(8-16(20-15)10-1-2-10)17(22)21-6-5-12(19)9-21/h3-4,7-8,10,12H,1-2,5-6,9,19H2/t12-/m0/s1. The van der Waals surface area contributed by atoms with Crippen molar-refractivity contribution in [3.63, 3.8) is 0 Å². The van der Waals surface area contributed by atoms with Crippen molar-refractivity contribution in [2.45, 2.75) is 31.2 Å². The van der Waals surface area contributed by atoms with E-state index in [9.17, 15) is 4.79 Å². The first kappa shape index (κ1) is 14.0. The van der Waals surface area contributed by atoms with Crippen LogP contribution in [-0.4, -0.2) is 34.9 Å². The van der Waals surface area contributed by atoms with Gasteiger partial charge in [0.1, 0.15) is 0 Å². The third-order valence-electron chi connectivity index (χ3n) is 4.53. The fourth-order valence-electron chi connectivity index (χ4n) is 3.13. The predicted molar refractivity (Wildman–Crippen MR) is 87.2 cm³/mol. The minimum atomic E-state index is 0.0458. The number of hydrogen-bond donors (Lipinski definition) is 1. The second kappa shape index (κ2) is 5.21. The van der Waals surface area contributed by atoms with Gasteiger partial charge in [-0.1, -0.05) is 11.6 Å². The van der Waals surface area contributed by atoms with Gasteiger partial charge in [0.15, 0.2) is 0 Å². The van der Waals surface area contributed by atoms with E-state index in [4.69, 9.17) is 22.3 Å². The highest BCUT2D eigenvalue weighted by molar-refractivity contribution is 6.31. The number of aromatic nitrogens is 1. The largest absolute Gasteiger partial charge is 0.337 e. The third-order valence-corrected chi connectivity index (χ3v) is 4.76. The molecular weight excluding hydrogens is 298 g/mol. The van der Waals surface area contributed by atoms with Gasteiger partial charge in [-0.2, -0.15) is 0 Å². The highest BCUT2D eigenvalue weighted by atomic mass is 35.5. The first-order valence-corrected chi connectivity index (χ1v) is 8.14. The predicted octanol–water partition coefficient (Wildman–Crippen LogP) is 2.94. The molecule has 4 nitrogen and oxygen atoms in total. The highest BCUT2D eigenvalue weighted by Gasteiger charge is 2.30. The SMILES string of the molecule is N[C@H]1CCN(C(=O)c2cc(C3CC3)nc3ccc(Cl)cc23)C1. The summed E-state index contributed by atoms with van der Waals surface area (Å²) < 4.78 is 0. The number of halogens is 1. The van der Waals surface area contributed by atoms with Crippen molar-refractivity contribution in [2.75, 3.05) is 13.1 Å². The summed E-state index contributed by atoms with van der Waals surface area (Å²) in [6.07, 6.45) is 3.19. The number of fused-ring (bicyclic) bond motifs is 1. The molecular formula is C17H18ClN3O. The number of nitrogens with zero attached hydrogens (tertiary/aromatic N) is 2. The van der Waals surface area contributed by atoms with E-state index in [1.54, 1.807) is 0 Å². The van der Waals surface area contributed by atoms with Crippen LogP contribution in [0, 0.1) is 0 Å². The molecule has 2 heterocycles. The summed E-state index contributed by atoms with van der Waals surface area (Å²) in [5.41, 5.74) is 8.53. The van der Waals surface area contributed by atoms with E-state index in [1.165, 1.54) is 0 Å². The molecule has 0 unspecified atom stereocenters. The van der Waals surface area contributed by atoms with Crippen LogP contribution in [0.4, 0.5) is 0 Å². The molecule has 22 heavy (non-hydrogen) atoms. The molecule has 0 bridgehead atoms. The number of pyridine rings is 1. The molecule has 1 atom stereocenters. The maximum atomic E-state index is 12.9. The molecule has 114 valence electrons. The first-order valence-electron chi connectivity index (χ1n) is 7.77. The van der Waals surface area contributed by atoms with E-state index in [1.807, 2.05) is 29.2 Å². The molecule has 2 aliphatic rings. The van der Waals surface area contributed by atoms with E-state index in [0.29, 0.717) is 23.0 Å². The Bertz CT molecular complexity index is 757. The van der Waals surface area contributed by atoms with E-state index < -0.39 is 0 Å². The summed E-state index contributed by atoms with van der Waals surface area (Å²) in [6, 6.07) is 7.61. The molecule has 4 rings (SSSR count). The Hall–Kier alpha value is -1.65. The fraction of sp³-hybridized carbons (Fsp3) is 0.412. The number of hydrogen-bond acceptors (Lipinski definition) is 3. The number of benzene rings is 1. The Labute approximate surface area is 134 Å². The molecule has 1 saturated heterocycles. The van der Waals surface area contributed by atoms with Gasteiger partial charge in [0.05, 0.1) is 11.1 Å². The van der Waals surface area contributed by atoms with Crippen LogP contribution in [-0.2, 0) is 0 Å². The molecule has 0 spiro atoms. The first-order chi connectivity index (χ1) is 10.6. The second-order valence-electron chi connectivity index (χ2n) is 6.33. The summed E-state index contributed by atoms with van der Waals surface area (Å²) in [5, 5.41) is 1.46. The van der Waals surface area contributed by atoms with Crippen molar-refractivity contribution in [3.8, 4) is 0 Å². The lowest BCUT2D eigenvalue weighted by Gasteiger charge is -2.18. The molecule has 1 aliphatic heterocycles. The minimum Gasteiger partial charge on any atom is -0.337 e. The van der Waals surface area contributed by atoms with Crippen LogP contribution in [0.15, 0.2) is 24.3 Å². The fourth-order valence-corrected chi connectivity index (χ4v) is 3.30. The summed E-state index contributed by atoms with van der Waals surface area (Å²) in [4.78, 5) is 19.5. The summed E-state index contributed by atoms with van der Waals surface area (Å²) in [5.74, 6) is 0.553. The zero-order valence-electron chi connectivity index (χ0n) is 12.3. The quantitative estimate of drug-likeness (QED) is 0.927. The number of amides is 1. The van der Waals surface area contributed by atoms with Gasteiger partial charge >= 0.3 is 0 Å². The average Bonchev–Trinajstić information content (AvgIpc) is 3.27. The molecule has 1 aromatic heterocycles. The number of carbonyl (C=O) groups excluding carboxylic acids is 1. The molecule has 1 aliphatic carbocycles. The van der Waals surface area contributed by atoms with Crippen LogP contribution in [0.25, 0.3) is 10.9 Å². The van der Waals surface area contributed by atoms with E-state index in [2.05, 4.69) is 0 Å².